The molecule has 1 aromatic rings. The van der Waals surface area contributed by atoms with Crippen molar-refractivity contribution in [3.05, 3.63) is 35.4 Å². The van der Waals surface area contributed by atoms with E-state index in [9.17, 15) is 18.0 Å². The first-order chi connectivity index (χ1) is 8.28. The maximum absolute atomic E-state index is 11.5. The number of nitrogens with two attached hydrogens (primary N) is 1. The van der Waals surface area contributed by atoms with Crippen LogP contribution < -0.4 is 5.73 Å². The Morgan fingerprint density at radius 2 is 2.00 bits per heavy atom. The molecule has 0 saturated carbocycles. The number of esters is 1. The fourth-order valence-electron chi connectivity index (χ4n) is 1.31. The Morgan fingerprint density at radius 3 is 2.56 bits per heavy atom. The molecule has 0 fully saturated rings. The second-order valence-electron chi connectivity index (χ2n) is 3.81. The summed E-state index contributed by atoms with van der Waals surface area (Å²) in [4.78, 5) is 21.9. The molecule has 7 heteroatoms. The van der Waals surface area contributed by atoms with E-state index in [1.54, 1.807) is 12.1 Å². The number of hydrogen-bond donors (Lipinski definition) is 1. The molecular formula is C11H13NO5S. The van der Waals surface area contributed by atoms with E-state index in [2.05, 4.69) is 4.74 Å². The lowest BCUT2D eigenvalue weighted by atomic mass is 10.1. The van der Waals surface area contributed by atoms with Crippen LogP contribution in [0, 0.1) is 0 Å². The molecule has 0 aliphatic carbocycles. The SMILES string of the molecule is CS(=O)(=O)Cc1cccc(C(=O)OCC(N)=O)c1. The van der Waals surface area contributed by atoms with Crippen molar-refractivity contribution < 1.29 is 22.7 Å². The summed E-state index contributed by atoms with van der Waals surface area (Å²) in [5.74, 6) is -1.64. The zero-order chi connectivity index (χ0) is 13.8. The van der Waals surface area contributed by atoms with Crippen LogP contribution >= 0.6 is 0 Å². The molecule has 98 valence electrons. The smallest absolute Gasteiger partial charge is 0.338 e. The molecule has 0 atom stereocenters. The predicted octanol–water partition coefficient (Wildman–Crippen LogP) is -0.127. The molecule has 18 heavy (non-hydrogen) atoms. The van der Waals surface area contributed by atoms with E-state index in [4.69, 9.17) is 5.73 Å². The first kappa shape index (κ1) is 14.2. The zero-order valence-corrected chi connectivity index (χ0v) is 10.6. The summed E-state index contributed by atoms with van der Waals surface area (Å²) >= 11 is 0. The summed E-state index contributed by atoms with van der Waals surface area (Å²) in [6.45, 7) is -0.505. The highest BCUT2D eigenvalue weighted by molar-refractivity contribution is 7.89. The van der Waals surface area contributed by atoms with Gasteiger partial charge in [0.25, 0.3) is 5.91 Å². The quantitative estimate of drug-likeness (QED) is 0.751. The molecule has 0 saturated heterocycles. The largest absolute Gasteiger partial charge is 0.452 e. The number of amides is 1. The lowest BCUT2D eigenvalue weighted by Gasteiger charge is -2.04. The molecule has 6 nitrogen and oxygen atoms in total. The Kier molecular flexibility index (Phi) is 4.43. The molecule has 2 N–H and O–H groups in total. The predicted molar refractivity (Wildman–Crippen MR) is 64.5 cm³/mol. The maximum Gasteiger partial charge on any atom is 0.338 e. The van der Waals surface area contributed by atoms with E-state index in [0.717, 1.165) is 6.26 Å². The van der Waals surface area contributed by atoms with Crippen molar-refractivity contribution in [2.75, 3.05) is 12.9 Å². The summed E-state index contributed by atoms with van der Waals surface area (Å²) in [6.07, 6.45) is 1.10. The number of benzene rings is 1. The third-order valence-corrected chi connectivity index (χ3v) is 2.79. The van der Waals surface area contributed by atoms with Gasteiger partial charge in [0.15, 0.2) is 16.4 Å². The van der Waals surface area contributed by atoms with Crippen LogP contribution in [0.15, 0.2) is 24.3 Å². The topological polar surface area (TPSA) is 104 Å². The van der Waals surface area contributed by atoms with Gasteiger partial charge >= 0.3 is 5.97 Å². The molecule has 0 aromatic heterocycles. The molecule has 0 spiro atoms. The van der Waals surface area contributed by atoms with Gasteiger partial charge in [0.1, 0.15) is 0 Å². The zero-order valence-electron chi connectivity index (χ0n) is 9.75. The van der Waals surface area contributed by atoms with Gasteiger partial charge in [0, 0.05) is 6.26 Å². The molecule has 0 aliphatic rings. The van der Waals surface area contributed by atoms with Crippen LogP contribution in [0.5, 0.6) is 0 Å². The van der Waals surface area contributed by atoms with Gasteiger partial charge in [-0.1, -0.05) is 12.1 Å². The van der Waals surface area contributed by atoms with Crippen molar-refractivity contribution in [1.82, 2.24) is 0 Å². The van der Waals surface area contributed by atoms with E-state index in [1.165, 1.54) is 12.1 Å². The normalized spacial score (nSPS) is 10.9. The van der Waals surface area contributed by atoms with Gasteiger partial charge in [0.05, 0.1) is 11.3 Å². The second-order valence-corrected chi connectivity index (χ2v) is 5.95. The van der Waals surface area contributed by atoms with Crippen LogP contribution in [-0.4, -0.2) is 33.2 Å². The van der Waals surface area contributed by atoms with Crippen molar-refractivity contribution in [1.29, 1.82) is 0 Å². The average Bonchev–Trinajstić information content (AvgIpc) is 2.23. The summed E-state index contributed by atoms with van der Waals surface area (Å²) in [5, 5.41) is 0. The highest BCUT2D eigenvalue weighted by atomic mass is 32.2. The van der Waals surface area contributed by atoms with Gasteiger partial charge in [-0.2, -0.15) is 0 Å². The number of ether oxygens (including phenoxy) is 1. The number of carbonyl (C=O) groups is 2. The van der Waals surface area contributed by atoms with Crippen molar-refractivity contribution in [2.24, 2.45) is 5.73 Å². The summed E-state index contributed by atoms with van der Waals surface area (Å²) in [7, 11) is -3.17. The number of carbonyl (C=O) groups excluding carboxylic acids is 2. The first-order valence-corrected chi connectivity index (χ1v) is 7.06. The van der Waals surface area contributed by atoms with Crippen molar-refractivity contribution in [3.8, 4) is 0 Å². The van der Waals surface area contributed by atoms with Gasteiger partial charge in [-0.3, -0.25) is 4.79 Å². The van der Waals surface area contributed by atoms with Crippen molar-refractivity contribution >= 4 is 21.7 Å². The molecule has 0 bridgehead atoms. The molecule has 1 aromatic carbocycles. The second kappa shape index (κ2) is 5.63. The molecular weight excluding hydrogens is 258 g/mol. The minimum Gasteiger partial charge on any atom is -0.452 e. The average molecular weight is 271 g/mol. The minimum atomic E-state index is -3.17. The highest BCUT2D eigenvalue weighted by Crippen LogP contribution is 2.09. The van der Waals surface area contributed by atoms with Crippen LogP contribution in [0.25, 0.3) is 0 Å². The van der Waals surface area contributed by atoms with Crippen LogP contribution in [0.1, 0.15) is 15.9 Å². The van der Waals surface area contributed by atoms with E-state index in [-0.39, 0.29) is 11.3 Å². The van der Waals surface area contributed by atoms with E-state index >= 15 is 0 Å². The van der Waals surface area contributed by atoms with Gasteiger partial charge in [-0.05, 0) is 17.7 Å². The van der Waals surface area contributed by atoms with Gasteiger partial charge in [0.2, 0.25) is 0 Å². The Morgan fingerprint density at radius 1 is 1.33 bits per heavy atom. The molecule has 0 aliphatic heterocycles. The summed E-state index contributed by atoms with van der Waals surface area (Å²) in [6, 6.07) is 6.01. The fourth-order valence-corrected chi connectivity index (χ4v) is 2.10. The van der Waals surface area contributed by atoms with Crippen molar-refractivity contribution in [3.63, 3.8) is 0 Å². The van der Waals surface area contributed by atoms with Crippen LogP contribution in [0.3, 0.4) is 0 Å². The summed E-state index contributed by atoms with van der Waals surface area (Å²) in [5.41, 5.74) is 5.49. The van der Waals surface area contributed by atoms with Gasteiger partial charge < -0.3 is 10.5 Å². The molecule has 0 unspecified atom stereocenters. The lowest BCUT2D eigenvalue weighted by molar-refractivity contribution is -0.121. The number of rotatable bonds is 5. The molecule has 0 radical (unpaired) electrons. The molecule has 1 amide bonds. The van der Waals surface area contributed by atoms with Crippen molar-refractivity contribution in [2.45, 2.75) is 5.75 Å². The Hall–Kier alpha value is -1.89. The van der Waals surface area contributed by atoms with Crippen LogP contribution in [0.2, 0.25) is 0 Å². The lowest BCUT2D eigenvalue weighted by Crippen LogP contribution is -2.21. The fraction of sp³-hybridized carbons (Fsp3) is 0.273. The van der Waals surface area contributed by atoms with E-state index < -0.39 is 28.3 Å². The van der Waals surface area contributed by atoms with Gasteiger partial charge in [-0.25, -0.2) is 13.2 Å². The maximum atomic E-state index is 11.5. The van der Waals surface area contributed by atoms with E-state index in [1.807, 2.05) is 0 Å². The number of primary amides is 1. The van der Waals surface area contributed by atoms with Crippen LogP contribution in [-0.2, 0) is 25.1 Å². The molecule has 0 heterocycles. The Labute approximate surface area is 105 Å². The highest BCUT2D eigenvalue weighted by Gasteiger charge is 2.11. The third kappa shape index (κ3) is 4.96. The number of hydrogen-bond acceptors (Lipinski definition) is 5. The Balaban J connectivity index is 2.82. The standard InChI is InChI=1S/C11H13NO5S/c1-18(15,16)7-8-3-2-4-9(5-8)11(14)17-6-10(12)13/h2-5H,6-7H2,1H3,(H2,12,13). The van der Waals surface area contributed by atoms with Crippen LogP contribution in [0.4, 0.5) is 0 Å². The first-order valence-electron chi connectivity index (χ1n) is 5.00. The Bertz CT molecular complexity index is 565. The summed E-state index contributed by atoms with van der Waals surface area (Å²) < 4.78 is 26.9. The number of sulfone groups is 1. The molecule has 1 rings (SSSR count). The minimum absolute atomic E-state index is 0.163. The van der Waals surface area contributed by atoms with Gasteiger partial charge in [-0.15, -0.1) is 0 Å². The van der Waals surface area contributed by atoms with E-state index in [0.29, 0.717) is 5.56 Å². The third-order valence-electron chi connectivity index (χ3n) is 1.94. The monoisotopic (exact) mass is 271 g/mol.